The fourth-order valence-corrected chi connectivity index (χ4v) is 2.85. The van der Waals surface area contributed by atoms with Gasteiger partial charge in [-0.2, -0.15) is 0 Å². The van der Waals surface area contributed by atoms with Gasteiger partial charge in [0.2, 0.25) is 0 Å². The van der Waals surface area contributed by atoms with E-state index in [2.05, 4.69) is 31.3 Å². The van der Waals surface area contributed by atoms with Crippen LogP contribution in [0.3, 0.4) is 0 Å². The van der Waals surface area contributed by atoms with E-state index in [1.165, 1.54) is 22.9 Å². The Labute approximate surface area is 117 Å². The number of methoxy groups -OCH3 is 1. The van der Waals surface area contributed by atoms with Gasteiger partial charge in [0, 0.05) is 21.5 Å². The van der Waals surface area contributed by atoms with Crippen LogP contribution in [0.25, 0.3) is 0 Å². The standard InChI is InChI=1S/C15H18FNOS/c1-4-12-6-8-15(19-12)10(2)17-11-5-7-14(18-3)13(16)9-11/h5-10,17H,4H2,1-3H3. The summed E-state index contributed by atoms with van der Waals surface area (Å²) in [7, 11) is 1.46. The van der Waals surface area contributed by atoms with E-state index in [0.717, 1.165) is 12.1 Å². The van der Waals surface area contributed by atoms with Gasteiger partial charge in [0.05, 0.1) is 13.2 Å². The Kier molecular flexibility index (Phi) is 4.43. The topological polar surface area (TPSA) is 21.3 Å². The second-order valence-corrected chi connectivity index (χ2v) is 5.57. The number of hydrogen-bond donors (Lipinski definition) is 1. The summed E-state index contributed by atoms with van der Waals surface area (Å²) in [4.78, 5) is 2.62. The van der Waals surface area contributed by atoms with Crippen LogP contribution >= 0.6 is 11.3 Å². The van der Waals surface area contributed by atoms with E-state index < -0.39 is 0 Å². The summed E-state index contributed by atoms with van der Waals surface area (Å²) in [6.07, 6.45) is 1.05. The maximum Gasteiger partial charge on any atom is 0.167 e. The van der Waals surface area contributed by atoms with Gasteiger partial charge in [0.15, 0.2) is 11.6 Å². The lowest BCUT2D eigenvalue weighted by Crippen LogP contribution is -2.05. The lowest BCUT2D eigenvalue weighted by atomic mass is 10.2. The molecule has 0 aliphatic carbocycles. The van der Waals surface area contributed by atoms with Gasteiger partial charge in [0.1, 0.15) is 0 Å². The summed E-state index contributed by atoms with van der Waals surface area (Å²) in [5.41, 5.74) is 0.761. The largest absolute Gasteiger partial charge is 0.494 e. The van der Waals surface area contributed by atoms with E-state index in [1.54, 1.807) is 17.4 Å². The summed E-state index contributed by atoms with van der Waals surface area (Å²) >= 11 is 1.79. The number of rotatable bonds is 5. The third-order valence-corrected chi connectivity index (χ3v) is 4.40. The Morgan fingerprint density at radius 1 is 1.32 bits per heavy atom. The molecule has 0 spiro atoms. The summed E-state index contributed by atoms with van der Waals surface area (Å²) in [5, 5.41) is 3.30. The number of benzene rings is 1. The lowest BCUT2D eigenvalue weighted by molar-refractivity contribution is 0.386. The van der Waals surface area contributed by atoms with Crippen LogP contribution in [0.15, 0.2) is 30.3 Å². The summed E-state index contributed by atoms with van der Waals surface area (Å²) in [5.74, 6) is -0.0808. The van der Waals surface area contributed by atoms with E-state index in [-0.39, 0.29) is 17.6 Å². The number of thiophene rings is 1. The smallest absolute Gasteiger partial charge is 0.167 e. The fraction of sp³-hybridized carbons (Fsp3) is 0.333. The zero-order chi connectivity index (χ0) is 13.8. The number of nitrogens with one attached hydrogen (secondary N) is 1. The Morgan fingerprint density at radius 2 is 2.11 bits per heavy atom. The molecule has 0 fully saturated rings. The molecule has 1 N–H and O–H groups in total. The molecule has 0 aliphatic heterocycles. The van der Waals surface area contributed by atoms with Crippen LogP contribution in [0, 0.1) is 5.82 Å². The highest BCUT2D eigenvalue weighted by atomic mass is 32.1. The van der Waals surface area contributed by atoms with Crippen molar-refractivity contribution in [3.63, 3.8) is 0 Å². The van der Waals surface area contributed by atoms with E-state index in [4.69, 9.17) is 4.74 Å². The number of aryl methyl sites for hydroxylation is 1. The molecule has 102 valence electrons. The minimum absolute atomic E-state index is 0.165. The SMILES string of the molecule is CCc1ccc(C(C)Nc2ccc(OC)c(F)c2)s1. The molecule has 0 radical (unpaired) electrons. The number of ether oxygens (including phenoxy) is 1. The van der Waals surface area contributed by atoms with Gasteiger partial charge in [-0.05, 0) is 37.6 Å². The Morgan fingerprint density at radius 3 is 2.68 bits per heavy atom. The molecule has 2 aromatic rings. The summed E-state index contributed by atoms with van der Waals surface area (Å²) in [6.45, 7) is 4.22. The van der Waals surface area contributed by atoms with Crippen molar-refractivity contribution >= 4 is 17.0 Å². The molecule has 1 aromatic carbocycles. The summed E-state index contributed by atoms with van der Waals surface area (Å²) < 4.78 is 18.5. The quantitative estimate of drug-likeness (QED) is 0.861. The first kappa shape index (κ1) is 13.9. The molecule has 0 saturated heterocycles. The molecule has 1 atom stereocenters. The van der Waals surface area contributed by atoms with Gasteiger partial charge in [0.25, 0.3) is 0 Å². The Bertz CT molecular complexity index is 553. The highest BCUT2D eigenvalue weighted by Crippen LogP contribution is 2.28. The molecular formula is C15H18FNOS. The molecule has 2 nitrogen and oxygen atoms in total. The van der Waals surface area contributed by atoms with Crippen molar-refractivity contribution in [3.05, 3.63) is 45.9 Å². The van der Waals surface area contributed by atoms with Crippen molar-refractivity contribution in [2.75, 3.05) is 12.4 Å². The van der Waals surface area contributed by atoms with Gasteiger partial charge >= 0.3 is 0 Å². The van der Waals surface area contributed by atoms with Crippen LogP contribution in [-0.2, 0) is 6.42 Å². The highest BCUT2D eigenvalue weighted by molar-refractivity contribution is 7.12. The average Bonchev–Trinajstić information content (AvgIpc) is 2.88. The van der Waals surface area contributed by atoms with Gasteiger partial charge in [-0.1, -0.05) is 6.92 Å². The van der Waals surface area contributed by atoms with Crippen molar-refractivity contribution in [2.24, 2.45) is 0 Å². The van der Waals surface area contributed by atoms with Gasteiger partial charge < -0.3 is 10.1 Å². The summed E-state index contributed by atoms with van der Waals surface area (Å²) in [6, 6.07) is 9.36. The van der Waals surface area contributed by atoms with E-state index >= 15 is 0 Å². The van der Waals surface area contributed by atoms with Gasteiger partial charge in [-0.25, -0.2) is 4.39 Å². The maximum atomic E-state index is 13.6. The van der Waals surface area contributed by atoms with Crippen LogP contribution in [0.4, 0.5) is 10.1 Å². The second-order valence-electron chi connectivity index (χ2n) is 4.37. The van der Waals surface area contributed by atoms with Crippen LogP contribution < -0.4 is 10.1 Å². The molecular weight excluding hydrogens is 261 g/mol. The fourth-order valence-electron chi connectivity index (χ4n) is 1.89. The Balaban J connectivity index is 2.10. The lowest BCUT2D eigenvalue weighted by Gasteiger charge is -2.14. The minimum atomic E-state index is -0.347. The molecule has 0 saturated carbocycles. The van der Waals surface area contributed by atoms with Crippen LogP contribution in [0.5, 0.6) is 5.75 Å². The highest BCUT2D eigenvalue weighted by Gasteiger charge is 2.10. The molecule has 1 unspecified atom stereocenters. The normalized spacial score (nSPS) is 12.2. The minimum Gasteiger partial charge on any atom is -0.494 e. The first-order valence-electron chi connectivity index (χ1n) is 6.32. The predicted molar refractivity (Wildman–Crippen MR) is 78.7 cm³/mol. The van der Waals surface area contributed by atoms with Crippen LogP contribution in [0.1, 0.15) is 29.6 Å². The van der Waals surface area contributed by atoms with E-state index in [1.807, 2.05) is 6.07 Å². The van der Waals surface area contributed by atoms with Crippen molar-refractivity contribution in [1.82, 2.24) is 0 Å². The Hall–Kier alpha value is -1.55. The first-order valence-corrected chi connectivity index (χ1v) is 7.14. The zero-order valence-electron chi connectivity index (χ0n) is 11.4. The molecule has 0 amide bonds. The average molecular weight is 279 g/mol. The second kappa shape index (κ2) is 6.06. The predicted octanol–water partition coefficient (Wildman–Crippen LogP) is 4.63. The molecule has 19 heavy (non-hydrogen) atoms. The molecule has 2 rings (SSSR count). The van der Waals surface area contributed by atoms with Crippen molar-refractivity contribution < 1.29 is 9.13 Å². The van der Waals surface area contributed by atoms with Crippen LogP contribution in [-0.4, -0.2) is 7.11 Å². The van der Waals surface area contributed by atoms with Crippen molar-refractivity contribution in [2.45, 2.75) is 26.3 Å². The molecule has 1 heterocycles. The number of anilines is 1. The number of halogens is 1. The van der Waals surface area contributed by atoms with E-state index in [9.17, 15) is 4.39 Å². The van der Waals surface area contributed by atoms with Crippen molar-refractivity contribution in [3.8, 4) is 5.75 Å². The maximum absolute atomic E-state index is 13.6. The van der Waals surface area contributed by atoms with Crippen molar-refractivity contribution in [1.29, 1.82) is 0 Å². The molecule has 4 heteroatoms. The van der Waals surface area contributed by atoms with Gasteiger partial charge in [-0.15, -0.1) is 11.3 Å². The molecule has 1 aromatic heterocycles. The first-order chi connectivity index (χ1) is 9.13. The zero-order valence-corrected chi connectivity index (χ0v) is 12.2. The monoisotopic (exact) mass is 279 g/mol. The van der Waals surface area contributed by atoms with Gasteiger partial charge in [-0.3, -0.25) is 0 Å². The third-order valence-electron chi connectivity index (χ3n) is 2.99. The third kappa shape index (κ3) is 3.26. The molecule has 0 bridgehead atoms. The van der Waals surface area contributed by atoms with E-state index in [0.29, 0.717) is 0 Å². The van der Waals surface area contributed by atoms with Crippen LogP contribution in [0.2, 0.25) is 0 Å². The molecule has 0 aliphatic rings. The number of hydrogen-bond acceptors (Lipinski definition) is 3.